The van der Waals surface area contributed by atoms with Crippen LogP contribution in [-0.4, -0.2) is 24.5 Å². The minimum Gasteiger partial charge on any atom is -0.381 e. The Morgan fingerprint density at radius 1 is 1.60 bits per heavy atom. The molecule has 1 amide bonds. The van der Waals surface area contributed by atoms with Crippen LogP contribution in [0.25, 0.3) is 0 Å². The minimum absolute atomic E-state index is 0.186. The van der Waals surface area contributed by atoms with Crippen molar-refractivity contribution >= 4 is 11.6 Å². The molecule has 15 heavy (non-hydrogen) atoms. The van der Waals surface area contributed by atoms with Crippen molar-refractivity contribution in [2.24, 2.45) is 0 Å². The number of amides is 1. The lowest BCUT2D eigenvalue weighted by molar-refractivity contribution is 0.0958. The standard InChI is InChI=1S/C11H15N3O/c1-8(2)7-14-9-4-5-13-10(6-9)11(15)12-3/h4-6H,1,7H2,2-3H3,(H,12,15)(H,13,14). The van der Waals surface area contributed by atoms with Crippen molar-refractivity contribution < 1.29 is 4.79 Å². The molecule has 80 valence electrons. The highest BCUT2D eigenvalue weighted by molar-refractivity contribution is 5.92. The van der Waals surface area contributed by atoms with Crippen LogP contribution in [-0.2, 0) is 0 Å². The van der Waals surface area contributed by atoms with Gasteiger partial charge in [-0.3, -0.25) is 9.78 Å². The molecule has 0 atom stereocenters. The van der Waals surface area contributed by atoms with Crippen LogP contribution in [0.15, 0.2) is 30.5 Å². The lowest BCUT2D eigenvalue weighted by Crippen LogP contribution is -2.19. The summed E-state index contributed by atoms with van der Waals surface area (Å²) < 4.78 is 0. The molecule has 0 aliphatic rings. The third-order valence-corrected chi connectivity index (χ3v) is 1.81. The molecular formula is C11H15N3O. The summed E-state index contributed by atoms with van der Waals surface area (Å²) in [6.07, 6.45) is 1.60. The smallest absolute Gasteiger partial charge is 0.269 e. The number of pyridine rings is 1. The Kier molecular flexibility index (Phi) is 3.85. The number of hydrogen-bond donors (Lipinski definition) is 2. The summed E-state index contributed by atoms with van der Waals surface area (Å²) in [7, 11) is 1.58. The molecule has 0 aromatic carbocycles. The number of anilines is 1. The predicted octanol–water partition coefficient (Wildman–Crippen LogP) is 1.43. The zero-order valence-corrected chi connectivity index (χ0v) is 9.00. The summed E-state index contributed by atoms with van der Waals surface area (Å²) >= 11 is 0. The second-order valence-electron chi connectivity index (χ2n) is 3.32. The molecule has 0 fully saturated rings. The van der Waals surface area contributed by atoms with Gasteiger partial charge in [0, 0.05) is 25.5 Å². The molecule has 2 N–H and O–H groups in total. The Morgan fingerprint density at radius 2 is 2.33 bits per heavy atom. The van der Waals surface area contributed by atoms with Gasteiger partial charge >= 0.3 is 0 Å². The Labute approximate surface area is 89.4 Å². The van der Waals surface area contributed by atoms with Crippen LogP contribution in [0.4, 0.5) is 5.69 Å². The Balaban J connectivity index is 2.74. The van der Waals surface area contributed by atoms with Crippen LogP contribution >= 0.6 is 0 Å². The molecule has 4 nitrogen and oxygen atoms in total. The molecule has 0 unspecified atom stereocenters. The Hall–Kier alpha value is -1.84. The van der Waals surface area contributed by atoms with Gasteiger partial charge in [-0.1, -0.05) is 12.2 Å². The van der Waals surface area contributed by atoms with E-state index in [0.717, 1.165) is 11.3 Å². The van der Waals surface area contributed by atoms with Gasteiger partial charge in [-0.15, -0.1) is 0 Å². The number of carbonyl (C=O) groups excluding carboxylic acids is 1. The fraction of sp³-hybridized carbons (Fsp3) is 0.273. The fourth-order valence-electron chi connectivity index (χ4n) is 1.05. The van der Waals surface area contributed by atoms with E-state index >= 15 is 0 Å². The van der Waals surface area contributed by atoms with Crippen molar-refractivity contribution in [2.45, 2.75) is 6.92 Å². The maximum absolute atomic E-state index is 11.3. The summed E-state index contributed by atoms with van der Waals surface area (Å²) in [6.45, 7) is 6.42. The van der Waals surface area contributed by atoms with Crippen LogP contribution in [0.3, 0.4) is 0 Å². The maximum Gasteiger partial charge on any atom is 0.269 e. The molecule has 0 radical (unpaired) electrons. The van der Waals surface area contributed by atoms with Crippen LogP contribution in [0.5, 0.6) is 0 Å². The molecule has 1 aromatic heterocycles. The van der Waals surface area contributed by atoms with Gasteiger partial charge in [0.1, 0.15) is 5.69 Å². The molecule has 1 heterocycles. The molecule has 0 aliphatic carbocycles. The average molecular weight is 205 g/mol. The number of nitrogens with zero attached hydrogens (tertiary/aromatic N) is 1. The third kappa shape index (κ3) is 3.42. The minimum atomic E-state index is -0.186. The number of carbonyl (C=O) groups is 1. The predicted molar refractivity (Wildman–Crippen MR) is 60.9 cm³/mol. The molecule has 1 rings (SSSR count). The van der Waals surface area contributed by atoms with E-state index in [-0.39, 0.29) is 5.91 Å². The first-order chi connectivity index (χ1) is 7.13. The van der Waals surface area contributed by atoms with Crippen LogP contribution < -0.4 is 10.6 Å². The molecule has 0 aliphatic heterocycles. The van der Waals surface area contributed by atoms with Crippen molar-refractivity contribution in [2.75, 3.05) is 18.9 Å². The zero-order valence-electron chi connectivity index (χ0n) is 9.00. The molecule has 0 saturated heterocycles. The van der Waals surface area contributed by atoms with Crippen molar-refractivity contribution in [1.29, 1.82) is 0 Å². The van der Waals surface area contributed by atoms with Crippen molar-refractivity contribution in [3.8, 4) is 0 Å². The van der Waals surface area contributed by atoms with E-state index in [0.29, 0.717) is 12.2 Å². The summed E-state index contributed by atoms with van der Waals surface area (Å²) in [5.74, 6) is -0.186. The first-order valence-electron chi connectivity index (χ1n) is 4.70. The van der Waals surface area contributed by atoms with Gasteiger partial charge in [-0.2, -0.15) is 0 Å². The molecule has 4 heteroatoms. The monoisotopic (exact) mass is 205 g/mol. The van der Waals surface area contributed by atoms with E-state index in [2.05, 4.69) is 22.2 Å². The average Bonchev–Trinajstić information content (AvgIpc) is 2.25. The lowest BCUT2D eigenvalue weighted by Gasteiger charge is -2.06. The second kappa shape index (κ2) is 5.14. The highest BCUT2D eigenvalue weighted by atomic mass is 16.1. The molecule has 0 bridgehead atoms. The van der Waals surface area contributed by atoms with E-state index in [1.807, 2.05) is 13.0 Å². The van der Waals surface area contributed by atoms with Gasteiger partial charge in [-0.25, -0.2) is 0 Å². The largest absolute Gasteiger partial charge is 0.381 e. The van der Waals surface area contributed by atoms with Gasteiger partial charge < -0.3 is 10.6 Å². The van der Waals surface area contributed by atoms with Crippen molar-refractivity contribution in [1.82, 2.24) is 10.3 Å². The summed E-state index contributed by atoms with van der Waals surface area (Å²) in [6, 6.07) is 3.52. The number of nitrogens with one attached hydrogen (secondary N) is 2. The van der Waals surface area contributed by atoms with E-state index in [4.69, 9.17) is 0 Å². The third-order valence-electron chi connectivity index (χ3n) is 1.81. The van der Waals surface area contributed by atoms with Gasteiger partial charge in [0.05, 0.1) is 0 Å². The van der Waals surface area contributed by atoms with Gasteiger partial charge in [0.2, 0.25) is 0 Å². The summed E-state index contributed by atoms with van der Waals surface area (Å²) in [5.41, 5.74) is 2.31. The number of rotatable bonds is 4. The van der Waals surface area contributed by atoms with E-state index < -0.39 is 0 Å². The molecule has 0 spiro atoms. The van der Waals surface area contributed by atoms with Gasteiger partial charge in [0.15, 0.2) is 0 Å². The summed E-state index contributed by atoms with van der Waals surface area (Å²) in [5, 5.41) is 5.67. The lowest BCUT2D eigenvalue weighted by atomic mass is 10.3. The number of hydrogen-bond acceptors (Lipinski definition) is 3. The van der Waals surface area contributed by atoms with Gasteiger partial charge in [-0.05, 0) is 19.1 Å². The second-order valence-corrected chi connectivity index (χ2v) is 3.32. The van der Waals surface area contributed by atoms with Gasteiger partial charge in [0.25, 0.3) is 5.91 Å². The van der Waals surface area contributed by atoms with Crippen LogP contribution in [0.2, 0.25) is 0 Å². The first-order valence-corrected chi connectivity index (χ1v) is 4.70. The van der Waals surface area contributed by atoms with Crippen molar-refractivity contribution in [3.63, 3.8) is 0 Å². The summed E-state index contributed by atoms with van der Waals surface area (Å²) in [4.78, 5) is 15.2. The molecular weight excluding hydrogens is 190 g/mol. The Bertz CT molecular complexity index is 374. The maximum atomic E-state index is 11.3. The van der Waals surface area contributed by atoms with E-state index in [1.54, 1.807) is 19.3 Å². The van der Waals surface area contributed by atoms with Crippen LogP contribution in [0.1, 0.15) is 17.4 Å². The zero-order chi connectivity index (χ0) is 11.3. The van der Waals surface area contributed by atoms with E-state index in [1.165, 1.54) is 0 Å². The Morgan fingerprint density at radius 3 is 2.93 bits per heavy atom. The van der Waals surface area contributed by atoms with E-state index in [9.17, 15) is 4.79 Å². The molecule has 0 saturated carbocycles. The normalized spacial score (nSPS) is 9.47. The van der Waals surface area contributed by atoms with Crippen molar-refractivity contribution in [3.05, 3.63) is 36.2 Å². The quantitative estimate of drug-likeness (QED) is 0.731. The highest BCUT2D eigenvalue weighted by Crippen LogP contribution is 2.08. The highest BCUT2D eigenvalue weighted by Gasteiger charge is 2.04. The fourth-order valence-corrected chi connectivity index (χ4v) is 1.05. The first kappa shape index (κ1) is 11.2. The molecule has 1 aromatic rings. The topological polar surface area (TPSA) is 54.0 Å². The van der Waals surface area contributed by atoms with Crippen LogP contribution in [0, 0.1) is 0 Å². The number of aromatic nitrogens is 1. The SMILES string of the molecule is C=C(C)CNc1ccnc(C(=O)NC)c1.